The summed E-state index contributed by atoms with van der Waals surface area (Å²) in [7, 11) is 0. The Morgan fingerprint density at radius 3 is 3.07 bits per heavy atom. The van der Waals surface area contributed by atoms with Crippen LogP contribution in [0.2, 0.25) is 0 Å². The number of hydrogen-bond donors (Lipinski definition) is 1. The van der Waals surface area contributed by atoms with Crippen LogP contribution in [0.15, 0.2) is 0 Å². The molecule has 1 aliphatic rings. The minimum absolute atomic E-state index is 0.0191. The molecule has 1 heterocycles. The van der Waals surface area contributed by atoms with Gasteiger partial charge in [0.2, 0.25) is 5.91 Å². The molecule has 84 valence electrons. The summed E-state index contributed by atoms with van der Waals surface area (Å²) in [4.78, 5) is 11.8. The molecule has 0 aliphatic carbocycles. The molecule has 0 aromatic rings. The van der Waals surface area contributed by atoms with E-state index < -0.39 is 0 Å². The van der Waals surface area contributed by atoms with Gasteiger partial charge >= 0.3 is 0 Å². The first-order valence-electron chi connectivity index (χ1n) is 5.59. The first-order valence-corrected chi connectivity index (χ1v) is 5.59. The zero-order valence-electron chi connectivity index (χ0n) is 9.29. The zero-order valence-corrected chi connectivity index (χ0v) is 9.29. The summed E-state index contributed by atoms with van der Waals surface area (Å²) in [5.74, 6) is 2.69. The van der Waals surface area contributed by atoms with Crippen molar-refractivity contribution >= 4 is 5.91 Å². The molecule has 2 atom stereocenters. The quantitative estimate of drug-likeness (QED) is 0.709. The SMILES string of the molecule is C#CCC(CC)NC(=O)C1CCCOC1. The highest BCUT2D eigenvalue weighted by Gasteiger charge is 2.23. The highest BCUT2D eigenvalue weighted by atomic mass is 16.5. The number of terminal acetylenes is 1. The monoisotopic (exact) mass is 209 g/mol. The molecule has 1 rings (SSSR count). The summed E-state index contributed by atoms with van der Waals surface area (Å²) in [6.07, 6.45) is 8.62. The lowest BCUT2D eigenvalue weighted by Gasteiger charge is -2.23. The van der Waals surface area contributed by atoms with Gasteiger partial charge in [0, 0.05) is 19.1 Å². The predicted molar refractivity (Wildman–Crippen MR) is 59.2 cm³/mol. The number of amides is 1. The van der Waals surface area contributed by atoms with E-state index in [9.17, 15) is 4.79 Å². The number of rotatable bonds is 4. The van der Waals surface area contributed by atoms with E-state index in [0.717, 1.165) is 25.9 Å². The molecule has 1 fully saturated rings. The summed E-state index contributed by atoms with van der Waals surface area (Å²) in [6.45, 7) is 3.36. The third-order valence-corrected chi connectivity index (χ3v) is 2.73. The van der Waals surface area contributed by atoms with Gasteiger partial charge in [0.1, 0.15) is 0 Å². The molecule has 0 bridgehead atoms. The van der Waals surface area contributed by atoms with Crippen molar-refractivity contribution in [1.82, 2.24) is 5.32 Å². The summed E-state index contributed by atoms with van der Waals surface area (Å²) >= 11 is 0. The Hall–Kier alpha value is -1.01. The van der Waals surface area contributed by atoms with Crippen LogP contribution in [0.5, 0.6) is 0 Å². The van der Waals surface area contributed by atoms with Crippen molar-refractivity contribution in [3.8, 4) is 12.3 Å². The van der Waals surface area contributed by atoms with E-state index in [1.165, 1.54) is 0 Å². The van der Waals surface area contributed by atoms with Crippen molar-refractivity contribution in [3.05, 3.63) is 0 Å². The topological polar surface area (TPSA) is 38.3 Å². The highest BCUT2D eigenvalue weighted by Crippen LogP contribution is 2.14. The first-order chi connectivity index (χ1) is 7.27. The molecule has 1 aliphatic heterocycles. The van der Waals surface area contributed by atoms with Crippen LogP contribution in [-0.4, -0.2) is 25.2 Å². The second kappa shape index (κ2) is 6.47. The Kier molecular flexibility index (Phi) is 5.20. The van der Waals surface area contributed by atoms with Crippen LogP contribution >= 0.6 is 0 Å². The van der Waals surface area contributed by atoms with Crippen LogP contribution in [0.25, 0.3) is 0 Å². The van der Waals surface area contributed by atoms with Gasteiger partial charge in [-0.3, -0.25) is 4.79 Å². The van der Waals surface area contributed by atoms with Gasteiger partial charge in [-0.25, -0.2) is 0 Å². The second-order valence-electron chi connectivity index (χ2n) is 3.94. The largest absolute Gasteiger partial charge is 0.381 e. The second-order valence-corrected chi connectivity index (χ2v) is 3.94. The molecular formula is C12H19NO2. The average molecular weight is 209 g/mol. The summed E-state index contributed by atoms with van der Waals surface area (Å²) in [6, 6.07) is 0.115. The Labute approximate surface area is 91.6 Å². The van der Waals surface area contributed by atoms with Crippen LogP contribution in [-0.2, 0) is 9.53 Å². The van der Waals surface area contributed by atoms with Gasteiger partial charge in [-0.05, 0) is 19.3 Å². The molecule has 0 aromatic heterocycles. The Balaban J connectivity index is 2.35. The van der Waals surface area contributed by atoms with Gasteiger partial charge in [0.15, 0.2) is 0 Å². The number of carbonyl (C=O) groups excluding carboxylic acids is 1. The molecule has 3 heteroatoms. The fourth-order valence-corrected chi connectivity index (χ4v) is 1.71. The molecule has 0 spiro atoms. The van der Waals surface area contributed by atoms with Crippen molar-refractivity contribution in [3.63, 3.8) is 0 Å². The maximum atomic E-state index is 11.8. The molecule has 3 nitrogen and oxygen atoms in total. The van der Waals surface area contributed by atoms with Crippen molar-refractivity contribution in [2.45, 2.75) is 38.6 Å². The standard InChI is InChI=1S/C12H19NO2/c1-3-6-11(4-2)13-12(14)10-7-5-8-15-9-10/h1,10-11H,4-9H2,2H3,(H,13,14). The van der Waals surface area contributed by atoms with Crippen LogP contribution in [0.4, 0.5) is 0 Å². The van der Waals surface area contributed by atoms with E-state index in [-0.39, 0.29) is 17.9 Å². The molecule has 0 radical (unpaired) electrons. The highest BCUT2D eigenvalue weighted by molar-refractivity contribution is 5.79. The molecular weight excluding hydrogens is 190 g/mol. The lowest BCUT2D eigenvalue weighted by Crippen LogP contribution is -2.41. The van der Waals surface area contributed by atoms with Gasteiger partial charge in [-0.15, -0.1) is 12.3 Å². The molecule has 1 saturated heterocycles. The summed E-state index contributed by atoms with van der Waals surface area (Å²) < 4.78 is 5.28. The smallest absolute Gasteiger partial charge is 0.225 e. The average Bonchev–Trinajstić information content (AvgIpc) is 2.29. The van der Waals surface area contributed by atoms with Crippen LogP contribution in [0.3, 0.4) is 0 Å². The summed E-state index contributed by atoms with van der Waals surface area (Å²) in [5.41, 5.74) is 0. The van der Waals surface area contributed by atoms with Gasteiger partial charge in [-0.2, -0.15) is 0 Å². The van der Waals surface area contributed by atoms with Crippen molar-refractivity contribution < 1.29 is 9.53 Å². The van der Waals surface area contributed by atoms with Crippen molar-refractivity contribution in [1.29, 1.82) is 0 Å². The van der Waals surface area contributed by atoms with Gasteiger partial charge in [0.05, 0.1) is 12.5 Å². The van der Waals surface area contributed by atoms with Crippen LogP contribution < -0.4 is 5.32 Å². The lowest BCUT2D eigenvalue weighted by molar-refractivity contribution is -0.129. The van der Waals surface area contributed by atoms with E-state index in [4.69, 9.17) is 11.2 Å². The summed E-state index contributed by atoms with van der Waals surface area (Å²) in [5, 5.41) is 2.98. The molecule has 1 amide bonds. The number of hydrogen-bond acceptors (Lipinski definition) is 2. The molecule has 15 heavy (non-hydrogen) atoms. The minimum atomic E-state index is 0.0191. The Morgan fingerprint density at radius 1 is 1.73 bits per heavy atom. The Bertz CT molecular complexity index is 238. The van der Waals surface area contributed by atoms with Gasteiger partial charge < -0.3 is 10.1 Å². The van der Waals surface area contributed by atoms with E-state index in [0.29, 0.717) is 13.0 Å². The fourth-order valence-electron chi connectivity index (χ4n) is 1.71. The van der Waals surface area contributed by atoms with Crippen LogP contribution in [0.1, 0.15) is 32.6 Å². The molecule has 0 aromatic carbocycles. The van der Waals surface area contributed by atoms with Crippen molar-refractivity contribution in [2.75, 3.05) is 13.2 Å². The van der Waals surface area contributed by atoms with Crippen LogP contribution in [0, 0.1) is 18.3 Å². The van der Waals surface area contributed by atoms with Gasteiger partial charge in [-0.1, -0.05) is 6.92 Å². The predicted octanol–water partition coefficient (Wildman–Crippen LogP) is 1.33. The third-order valence-electron chi connectivity index (χ3n) is 2.73. The normalized spacial score (nSPS) is 22.8. The van der Waals surface area contributed by atoms with Gasteiger partial charge in [0.25, 0.3) is 0 Å². The van der Waals surface area contributed by atoms with E-state index in [2.05, 4.69) is 11.2 Å². The fraction of sp³-hybridized carbons (Fsp3) is 0.750. The maximum Gasteiger partial charge on any atom is 0.225 e. The van der Waals surface area contributed by atoms with Crippen molar-refractivity contribution in [2.24, 2.45) is 5.92 Å². The molecule has 2 unspecified atom stereocenters. The van der Waals surface area contributed by atoms with E-state index >= 15 is 0 Å². The maximum absolute atomic E-state index is 11.8. The van der Waals surface area contributed by atoms with E-state index in [1.807, 2.05) is 6.92 Å². The minimum Gasteiger partial charge on any atom is -0.381 e. The number of carbonyl (C=O) groups is 1. The number of nitrogens with one attached hydrogen (secondary N) is 1. The Morgan fingerprint density at radius 2 is 2.53 bits per heavy atom. The van der Waals surface area contributed by atoms with E-state index in [1.54, 1.807) is 0 Å². The number of ether oxygens (including phenoxy) is 1. The third kappa shape index (κ3) is 3.93. The lowest BCUT2D eigenvalue weighted by atomic mass is 10.0. The molecule has 1 N–H and O–H groups in total. The first kappa shape index (κ1) is 12.1. The molecule has 0 saturated carbocycles. The zero-order chi connectivity index (χ0) is 11.1.